The molecule has 0 aliphatic rings. The van der Waals surface area contributed by atoms with E-state index in [9.17, 15) is 0 Å². The van der Waals surface area contributed by atoms with Crippen molar-refractivity contribution in [3.63, 3.8) is 0 Å². The molecule has 0 aliphatic heterocycles. The van der Waals surface area contributed by atoms with Crippen LogP contribution >= 0.6 is 11.3 Å². The van der Waals surface area contributed by atoms with E-state index in [0.29, 0.717) is 0 Å². The van der Waals surface area contributed by atoms with Crippen LogP contribution in [0, 0.1) is 6.92 Å². The minimum atomic E-state index is 0.849. The predicted molar refractivity (Wildman–Crippen MR) is 57.6 cm³/mol. The van der Waals surface area contributed by atoms with Crippen LogP contribution in [0.1, 0.15) is 23.4 Å². The van der Waals surface area contributed by atoms with Crippen LogP contribution in [0.3, 0.4) is 0 Å². The van der Waals surface area contributed by atoms with E-state index >= 15 is 0 Å². The summed E-state index contributed by atoms with van der Waals surface area (Å²) in [5.74, 6) is 1.12. The molecule has 0 spiro atoms. The zero-order valence-corrected chi connectivity index (χ0v) is 9.21. The summed E-state index contributed by atoms with van der Waals surface area (Å²) in [6.07, 6.45) is 4.83. The Morgan fingerprint density at radius 3 is 3.00 bits per heavy atom. The van der Waals surface area contributed by atoms with Gasteiger partial charge in [0.2, 0.25) is 0 Å². The highest BCUT2D eigenvalue weighted by Crippen LogP contribution is 2.11. The molecule has 0 fully saturated rings. The van der Waals surface area contributed by atoms with Crippen molar-refractivity contribution in [2.45, 2.75) is 26.8 Å². The third-order valence-electron chi connectivity index (χ3n) is 2.09. The van der Waals surface area contributed by atoms with E-state index in [4.69, 9.17) is 0 Å². The zero-order chi connectivity index (χ0) is 9.97. The molecule has 0 bridgehead atoms. The molecule has 4 heteroatoms. The van der Waals surface area contributed by atoms with E-state index < -0.39 is 0 Å². The first-order valence-corrected chi connectivity index (χ1v) is 5.58. The minimum Gasteiger partial charge on any atom is -0.328 e. The average Bonchev–Trinajstić information content (AvgIpc) is 2.76. The van der Waals surface area contributed by atoms with Gasteiger partial charge < -0.3 is 4.57 Å². The van der Waals surface area contributed by atoms with Crippen molar-refractivity contribution in [2.24, 2.45) is 0 Å². The molecule has 0 atom stereocenters. The molecule has 0 aromatic carbocycles. The number of thiazole rings is 1. The van der Waals surface area contributed by atoms with Crippen LogP contribution in [0.2, 0.25) is 0 Å². The Balaban J connectivity index is 2.18. The van der Waals surface area contributed by atoms with Gasteiger partial charge in [-0.05, 0) is 6.92 Å². The van der Waals surface area contributed by atoms with Crippen LogP contribution in [-0.4, -0.2) is 14.5 Å². The number of hydrogen-bond donors (Lipinski definition) is 0. The smallest absolute Gasteiger partial charge is 0.113 e. The maximum atomic E-state index is 4.43. The lowest BCUT2D eigenvalue weighted by molar-refractivity contribution is 0.727. The van der Waals surface area contributed by atoms with Gasteiger partial charge >= 0.3 is 0 Å². The second-order valence-electron chi connectivity index (χ2n) is 3.21. The van der Waals surface area contributed by atoms with E-state index in [1.54, 1.807) is 11.3 Å². The van der Waals surface area contributed by atoms with Gasteiger partial charge in [-0.1, -0.05) is 6.92 Å². The van der Waals surface area contributed by atoms with Crippen LogP contribution in [0.15, 0.2) is 17.8 Å². The molecular formula is C10H13N3S. The maximum Gasteiger partial charge on any atom is 0.113 e. The SMILES string of the molecule is CCc1nccn1Cc1nc(C)cs1. The van der Waals surface area contributed by atoms with Crippen molar-refractivity contribution < 1.29 is 0 Å². The van der Waals surface area contributed by atoms with Gasteiger partial charge in [-0.2, -0.15) is 0 Å². The van der Waals surface area contributed by atoms with E-state index in [2.05, 4.69) is 26.8 Å². The molecule has 0 N–H and O–H groups in total. The second-order valence-corrected chi connectivity index (χ2v) is 4.15. The van der Waals surface area contributed by atoms with Gasteiger partial charge in [0.25, 0.3) is 0 Å². The summed E-state index contributed by atoms with van der Waals surface area (Å²) in [7, 11) is 0. The molecule has 0 aliphatic carbocycles. The summed E-state index contributed by atoms with van der Waals surface area (Å²) in [5.41, 5.74) is 1.10. The van der Waals surface area contributed by atoms with Crippen LogP contribution in [-0.2, 0) is 13.0 Å². The zero-order valence-electron chi connectivity index (χ0n) is 8.40. The molecule has 0 amide bonds. The summed E-state index contributed by atoms with van der Waals surface area (Å²) in [4.78, 5) is 8.71. The summed E-state index contributed by atoms with van der Waals surface area (Å²) < 4.78 is 2.15. The Kier molecular flexibility index (Phi) is 2.63. The van der Waals surface area contributed by atoms with Gasteiger partial charge in [-0.25, -0.2) is 9.97 Å². The third-order valence-corrected chi connectivity index (χ3v) is 3.04. The van der Waals surface area contributed by atoms with Crippen LogP contribution < -0.4 is 0 Å². The van der Waals surface area contributed by atoms with Gasteiger partial charge in [0.05, 0.1) is 6.54 Å². The van der Waals surface area contributed by atoms with Crippen LogP contribution in [0.4, 0.5) is 0 Å². The molecule has 2 heterocycles. The molecule has 0 saturated carbocycles. The minimum absolute atomic E-state index is 0.849. The largest absolute Gasteiger partial charge is 0.328 e. The first kappa shape index (κ1) is 9.40. The van der Waals surface area contributed by atoms with Gasteiger partial charge in [-0.15, -0.1) is 11.3 Å². The molecule has 0 unspecified atom stereocenters. The number of aromatic nitrogens is 3. The molecule has 2 rings (SSSR count). The van der Waals surface area contributed by atoms with Gasteiger partial charge in [0.15, 0.2) is 0 Å². The van der Waals surface area contributed by atoms with E-state index in [-0.39, 0.29) is 0 Å². The lowest BCUT2D eigenvalue weighted by Gasteiger charge is -2.02. The molecule has 0 saturated heterocycles. The Hall–Kier alpha value is -1.16. The summed E-state index contributed by atoms with van der Waals surface area (Å²) >= 11 is 1.71. The number of rotatable bonds is 3. The highest BCUT2D eigenvalue weighted by Gasteiger charge is 2.03. The number of imidazole rings is 1. The fourth-order valence-corrected chi connectivity index (χ4v) is 2.19. The highest BCUT2D eigenvalue weighted by molar-refractivity contribution is 7.09. The molecule has 14 heavy (non-hydrogen) atoms. The first-order chi connectivity index (χ1) is 6.79. The second kappa shape index (κ2) is 3.92. The quantitative estimate of drug-likeness (QED) is 0.773. The Morgan fingerprint density at radius 1 is 1.50 bits per heavy atom. The van der Waals surface area contributed by atoms with E-state index in [0.717, 1.165) is 29.5 Å². The van der Waals surface area contributed by atoms with Crippen molar-refractivity contribution in [2.75, 3.05) is 0 Å². The monoisotopic (exact) mass is 207 g/mol. The fraction of sp³-hybridized carbons (Fsp3) is 0.400. The highest BCUT2D eigenvalue weighted by atomic mass is 32.1. The van der Waals surface area contributed by atoms with Crippen molar-refractivity contribution >= 4 is 11.3 Å². The number of aryl methyl sites for hydroxylation is 2. The predicted octanol–water partition coefficient (Wildman–Crippen LogP) is 2.26. The Bertz CT molecular complexity index is 416. The number of nitrogens with zero attached hydrogens (tertiary/aromatic N) is 3. The fourth-order valence-electron chi connectivity index (χ4n) is 1.42. The van der Waals surface area contributed by atoms with Crippen molar-refractivity contribution in [3.8, 4) is 0 Å². The average molecular weight is 207 g/mol. The standard InChI is InChI=1S/C10H13N3S/c1-3-9-11-4-5-13(9)6-10-12-8(2)7-14-10/h4-5,7H,3,6H2,1-2H3. The first-order valence-electron chi connectivity index (χ1n) is 4.70. The molecule has 3 nitrogen and oxygen atoms in total. The normalized spacial score (nSPS) is 10.7. The Morgan fingerprint density at radius 2 is 2.36 bits per heavy atom. The lowest BCUT2D eigenvalue weighted by Crippen LogP contribution is -2.02. The molecule has 74 valence electrons. The molecule has 2 aromatic rings. The maximum absolute atomic E-state index is 4.43. The summed E-state index contributed by atoms with van der Waals surface area (Å²) in [5, 5.41) is 3.23. The van der Waals surface area contributed by atoms with Crippen molar-refractivity contribution in [1.82, 2.24) is 14.5 Å². The lowest BCUT2D eigenvalue weighted by atomic mass is 10.4. The molecule has 0 radical (unpaired) electrons. The van der Waals surface area contributed by atoms with Crippen LogP contribution in [0.25, 0.3) is 0 Å². The third kappa shape index (κ3) is 1.85. The molecular weight excluding hydrogens is 194 g/mol. The number of hydrogen-bond acceptors (Lipinski definition) is 3. The van der Waals surface area contributed by atoms with Crippen molar-refractivity contribution in [3.05, 3.63) is 34.3 Å². The van der Waals surface area contributed by atoms with Crippen molar-refractivity contribution in [1.29, 1.82) is 0 Å². The molecule has 2 aromatic heterocycles. The topological polar surface area (TPSA) is 30.7 Å². The van der Waals surface area contributed by atoms with Gasteiger partial charge in [0.1, 0.15) is 10.8 Å². The summed E-state index contributed by atoms with van der Waals surface area (Å²) in [6.45, 7) is 4.99. The Labute approximate surface area is 87.4 Å². The van der Waals surface area contributed by atoms with Crippen LogP contribution in [0.5, 0.6) is 0 Å². The van der Waals surface area contributed by atoms with Gasteiger partial charge in [0, 0.05) is 29.9 Å². The van der Waals surface area contributed by atoms with E-state index in [1.807, 2.05) is 19.3 Å². The summed E-state index contributed by atoms with van der Waals surface area (Å²) in [6, 6.07) is 0. The van der Waals surface area contributed by atoms with E-state index in [1.165, 1.54) is 0 Å². The van der Waals surface area contributed by atoms with Gasteiger partial charge in [-0.3, -0.25) is 0 Å².